The number of nitrogens with zero attached hydrogens (tertiary/aromatic N) is 3. The topological polar surface area (TPSA) is 80.9 Å². The summed E-state index contributed by atoms with van der Waals surface area (Å²) in [6.07, 6.45) is 3.56. The molecule has 0 radical (unpaired) electrons. The summed E-state index contributed by atoms with van der Waals surface area (Å²) in [6, 6.07) is 3.92. The Kier molecular flexibility index (Phi) is 5.94. The lowest BCUT2D eigenvalue weighted by atomic mass is 10.2. The molecule has 7 heteroatoms. The zero-order valence-electron chi connectivity index (χ0n) is 13.0. The molecule has 6 nitrogen and oxygen atoms in total. The summed E-state index contributed by atoms with van der Waals surface area (Å²) in [5.41, 5.74) is 0.777. The molecule has 2 rings (SSSR count). The molecule has 2 aromatic heterocycles. The molecule has 0 bridgehead atoms. The molecule has 0 atom stereocenters. The van der Waals surface area contributed by atoms with Gasteiger partial charge in [-0.3, -0.25) is 4.79 Å². The van der Waals surface area contributed by atoms with Crippen LogP contribution in [0.1, 0.15) is 32.6 Å². The predicted molar refractivity (Wildman–Crippen MR) is 85.5 cm³/mol. The number of aromatic nitrogens is 3. The Balaban J connectivity index is 2.03. The zero-order chi connectivity index (χ0) is 15.9. The fraction of sp³-hybridized carbons (Fsp3) is 0.467. The standard InChI is InChI=1S/C15H20N4O2S/c1-4-11(5-2)18-13(20)9-22-15-12(7-6-8-16-15)14-17-10(3)21-19-14/h6-8,11H,4-5,9H2,1-3H3,(H,18,20). The fourth-order valence-corrected chi connectivity index (χ4v) is 2.78. The van der Waals surface area contributed by atoms with Crippen LogP contribution in [0.2, 0.25) is 0 Å². The van der Waals surface area contributed by atoms with Crippen molar-refractivity contribution in [3.63, 3.8) is 0 Å². The third-order valence-corrected chi connectivity index (χ3v) is 4.24. The third kappa shape index (κ3) is 4.30. The van der Waals surface area contributed by atoms with E-state index in [-0.39, 0.29) is 11.9 Å². The molecule has 0 fully saturated rings. The Hall–Kier alpha value is -1.89. The first kappa shape index (κ1) is 16.5. The molecule has 0 saturated carbocycles. The molecule has 2 heterocycles. The first-order valence-electron chi connectivity index (χ1n) is 7.31. The van der Waals surface area contributed by atoms with E-state index in [1.807, 2.05) is 12.1 Å². The molecule has 0 spiro atoms. The van der Waals surface area contributed by atoms with Crippen molar-refractivity contribution in [3.8, 4) is 11.4 Å². The van der Waals surface area contributed by atoms with Crippen molar-refractivity contribution in [3.05, 3.63) is 24.2 Å². The largest absolute Gasteiger partial charge is 0.353 e. The molecule has 22 heavy (non-hydrogen) atoms. The molecule has 0 aliphatic heterocycles. The highest BCUT2D eigenvalue weighted by Crippen LogP contribution is 2.27. The van der Waals surface area contributed by atoms with Crippen LogP contribution in [0.4, 0.5) is 0 Å². The second kappa shape index (κ2) is 7.93. The number of hydrogen-bond acceptors (Lipinski definition) is 6. The number of amides is 1. The first-order valence-corrected chi connectivity index (χ1v) is 8.30. The van der Waals surface area contributed by atoms with Crippen LogP contribution in [0.3, 0.4) is 0 Å². The number of pyridine rings is 1. The minimum atomic E-state index is 0.0135. The molecular formula is C15H20N4O2S. The molecule has 1 amide bonds. The van der Waals surface area contributed by atoms with Gasteiger partial charge in [0.2, 0.25) is 17.6 Å². The number of nitrogens with one attached hydrogen (secondary N) is 1. The Labute approximate surface area is 134 Å². The maximum Gasteiger partial charge on any atom is 0.230 e. The maximum absolute atomic E-state index is 12.0. The van der Waals surface area contributed by atoms with E-state index in [4.69, 9.17) is 4.52 Å². The van der Waals surface area contributed by atoms with E-state index < -0.39 is 0 Å². The molecule has 0 aliphatic carbocycles. The van der Waals surface area contributed by atoms with Gasteiger partial charge in [0, 0.05) is 19.2 Å². The van der Waals surface area contributed by atoms with Crippen LogP contribution < -0.4 is 5.32 Å². The quantitative estimate of drug-likeness (QED) is 0.790. The van der Waals surface area contributed by atoms with Crippen molar-refractivity contribution in [1.29, 1.82) is 0 Å². The van der Waals surface area contributed by atoms with E-state index in [1.165, 1.54) is 11.8 Å². The highest BCUT2D eigenvalue weighted by molar-refractivity contribution is 8.00. The van der Waals surface area contributed by atoms with Crippen molar-refractivity contribution < 1.29 is 9.32 Å². The van der Waals surface area contributed by atoms with Crippen LogP contribution in [-0.4, -0.2) is 32.8 Å². The van der Waals surface area contributed by atoms with Gasteiger partial charge in [-0.25, -0.2) is 4.98 Å². The van der Waals surface area contributed by atoms with Gasteiger partial charge in [0.05, 0.1) is 11.3 Å². The van der Waals surface area contributed by atoms with Gasteiger partial charge in [0.1, 0.15) is 5.03 Å². The van der Waals surface area contributed by atoms with Gasteiger partial charge in [-0.15, -0.1) is 0 Å². The number of rotatable bonds is 7. The molecule has 1 N–H and O–H groups in total. The summed E-state index contributed by atoms with van der Waals surface area (Å²) in [5.74, 6) is 1.33. The minimum Gasteiger partial charge on any atom is -0.353 e. The summed E-state index contributed by atoms with van der Waals surface area (Å²) in [4.78, 5) is 20.5. The monoisotopic (exact) mass is 320 g/mol. The average Bonchev–Trinajstić information content (AvgIpc) is 2.97. The second-order valence-corrected chi connectivity index (χ2v) is 5.83. The van der Waals surface area contributed by atoms with Crippen LogP contribution in [0.5, 0.6) is 0 Å². The summed E-state index contributed by atoms with van der Waals surface area (Å²) < 4.78 is 5.00. The SMILES string of the molecule is CCC(CC)NC(=O)CSc1ncccc1-c1noc(C)n1. The van der Waals surface area contributed by atoms with Crippen LogP contribution >= 0.6 is 11.8 Å². The number of carbonyl (C=O) groups excluding carboxylic acids is 1. The van der Waals surface area contributed by atoms with Crippen LogP contribution in [0, 0.1) is 6.92 Å². The number of aryl methyl sites for hydroxylation is 1. The Morgan fingerprint density at radius 1 is 1.41 bits per heavy atom. The molecule has 2 aromatic rings. The lowest BCUT2D eigenvalue weighted by molar-refractivity contribution is -0.119. The van der Waals surface area contributed by atoms with Gasteiger partial charge in [-0.05, 0) is 25.0 Å². The zero-order valence-corrected chi connectivity index (χ0v) is 13.8. The maximum atomic E-state index is 12.0. The van der Waals surface area contributed by atoms with Crippen molar-refractivity contribution >= 4 is 17.7 Å². The van der Waals surface area contributed by atoms with Crippen molar-refractivity contribution in [2.24, 2.45) is 0 Å². The van der Waals surface area contributed by atoms with Crippen LogP contribution in [-0.2, 0) is 4.79 Å². The molecule has 0 aliphatic rings. The third-order valence-electron chi connectivity index (χ3n) is 3.23. The Morgan fingerprint density at radius 2 is 2.18 bits per heavy atom. The van der Waals surface area contributed by atoms with E-state index >= 15 is 0 Å². The highest BCUT2D eigenvalue weighted by atomic mass is 32.2. The van der Waals surface area contributed by atoms with Gasteiger partial charge in [0.15, 0.2) is 0 Å². The van der Waals surface area contributed by atoms with E-state index in [9.17, 15) is 4.79 Å². The molecular weight excluding hydrogens is 300 g/mol. The van der Waals surface area contributed by atoms with Gasteiger partial charge in [0.25, 0.3) is 0 Å². The van der Waals surface area contributed by atoms with E-state index in [1.54, 1.807) is 13.1 Å². The van der Waals surface area contributed by atoms with Gasteiger partial charge in [-0.2, -0.15) is 4.98 Å². The van der Waals surface area contributed by atoms with Gasteiger partial charge >= 0.3 is 0 Å². The normalized spacial score (nSPS) is 10.9. The molecule has 118 valence electrons. The number of carbonyl (C=O) groups is 1. The Bertz CT molecular complexity index is 626. The lowest BCUT2D eigenvalue weighted by Gasteiger charge is -2.14. The highest BCUT2D eigenvalue weighted by Gasteiger charge is 2.14. The second-order valence-electron chi connectivity index (χ2n) is 4.86. The predicted octanol–water partition coefficient (Wildman–Crippen LogP) is 2.84. The van der Waals surface area contributed by atoms with E-state index in [2.05, 4.69) is 34.3 Å². The van der Waals surface area contributed by atoms with Crippen LogP contribution in [0.15, 0.2) is 27.9 Å². The summed E-state index contributed by atoms with van der Waals surface area (Å²) >= 11 is 1.38. The van der Waals surface area contributed by atoms with Crippen molar-refractivity contribution in [2.75, 3.05) is 5.75 Å². The van der Waals surface area contributed by atoms with Gasteiger partial charge < -0.3 is 9.84 Å². The van der Waals surface area contributed by atoms with Gasteiger partial charge in [-0.1, -0.05) is 30.8 Å². The summed E-state index contributed by atoms with van der Waals surface area (Å²) in [5, 5.41) is 7.65. The van der Waals surface area contributed by atoms with Crippen LogP contribution in [0.25, 0.3) is 11.4 Å². The molecule has 0 aromatic carbocycles. The Morgan fingerprint density at radius 3 is 2.82 bits per heavy atom. The molecule has 0 unspecified atom stereocenters. The summed E-state index contributed by atoms with van der Waals surface area (Å²) in [7, 11) is 0. The number of thioether (sulfide) groups is 1. The molecule has 0 saturated heterocycles. The first-order chi connectivity index (χ1) is 10.6. The van der Waals surface area contributed by atoms with E-state index in [0.717, 1.165) is 23.4 Å². The van der Waals surface area contributed by atoms with E-state index in [0.29, 0.717) is 17.5 Å². The number of hydrogen-bond donors (Lipinski definition) is 1. The fourth-order valence-electron chi connectivity index (χ4n) is 1.98. The van der Waals surface area contributed by atoms with Crippen molar-refractivity contribution in [1.82, 2.24) is 20.4 Å². The lowest BCUT2D eigenvalue weighted by Crippen LogP contribution is -2.35. The average molecular weight is 320 g/mol. The minimum absolute atomic E-state index is 0.0135. The van der Waals surface area contributed by atoms with Crippen molar-refractivity contribution in [2.45, 2.75) is 44.7 Å². The smallest absolute Gasteiger partial charge is 0.230 e. The summed E-state index contributed by atoms with van der Waals surface area (Å²) in [6.45, 7) is 5.87.